The van der Waals surface area contributed by atoms with E-state index in [-0.39, 0.29) is 11.8 Å². The Labute approximate surface area is 89.6 Å². The number of fused-ring (bicyclic) bond motifs is 1. The third kappa shape index (κ3) is 1.54. The van der Waals surface area contributed by atoms with Crippen molar-refractivity contribution >= 4 is 21.8 Å². The summed E-state index contributed by atoms with van der Waals surface area (Å²) in [6.07, 6.45) is 0. The first-order chi connectivity index (χ1) is 6.72. The fourth-order valence-corrected chi connectivity index (χ4v) is 2.02. The molecule has 1 aromatic carbocycles. The summed E-state index contributed by atoms with van der Waals surface area (Å²) in [5, 5.41) is 2.66. The molecule has 0 saturated carbocycles. The lowest BCUT2D eigenvalue weighted by atomic mass is 9.91. The van der Waals surface area contributed by atoms with Gasteiger partial charge in [0.25, 0.3) is 5.91 Å². The van der Waals surface area contributed by atoms with Crippen molar-refractivity contribution in [2.24, 2.45) is 0 Å². The minimum atomic E-state index is -0.441. The van der Waals surface area contributed by atoms with Crippen LogP contribution in [-0.2, 0) is 0 Å². The Morgan fingerprint density at radius 2 is 2.36 bits per heavy atom. The van der Waals surface area contributed by atoms with E-state index in [0.717, 1.165) is 10.0 Å². The molecule has 4 heteroatoms. The highest BCUT2D eigenvalue weighted by Crippen LogP contribution is 2.27. The van der Waals surface area contributed by atoms with E-state index in [1.54, 1.807) is 12.1 Å². The smallest absolute Gasteiger partial charge is 0.251 e. The Hall–Kier alpha value is -0.900. The van der Waals surface area contributed by atoms with E-state index in [4.69, 9.17) is 0 Å². The van der Waals surface area contributed by atoms with Crippen LogP contribution >= 0.6 is 15.9 Å². The summed E-state index contributed by atoms with van der Waals surface area (Å²) in [7, 11) is 0. The van der Waals surface area contributed by atoms with Gasteiger partial charge in [-0.05, 0) is 23.8 Å². The number of rotatable bonds is 1. The molecule has 1 aliphatic rings. The molecule has 1 heterocycles. The van der Waals surface area contributed by atoms with Gasteiger partial charge in [-0.25, -0.2) is 0 Å². The summed E-state index contributed by atoms with van der Waals surface area (Å²) < 4.78 is 13.5. The number of alkyl halides is 1. The highest BCUT2D eigenvalue weighted by Gasteiger charge is 2.24. The molecule has 1 amide bonds. The number of nitrogens with one attached hydrogen (secondary N) is 1. The monoisotopic (exact) mass is 257 g/mol. The second-order valence-electron chi connectivity index (χ2n) is 3.29. The molecule has 0 bridgehead atoms. The van der Waals surface area contributed by atoms with Gasteiger partial charge in [0, 0.05) is 22.5 Å². The van der Waals surface area contributed by atoms with Gasteiger partial charge in [0.1, 0.15) is 0 Å². The Morgan fingerprint density at radius 3 is 3.07 bits per heavy atom. The summed E-state index contributed by atoms with van der Waals surface area (Å²) >= 11 is 3.31. The number of halogens is 2. The van der Waals surface area contributed by atoms with Crippen LogP contribution in [0.15, 0.2) is 22.7 Å². The van der Waals surface area contributed by atoms with E-state index in [1.165, 1.54) is 0 Å². The third-order valence-corrected chi connectivity index (χ3v) is 2.89. The molecular formula is C10H9BrFNO. The third-order valence-electron chi connectivity index (χ3n) is 2.39. The van der Waals surface area contributed by atoms with Gasteiger partial charge in [0.2, 0.25) is 0 Å². The molecule has 0 aromatic heterocycles. The molecule has 1 aliphatic heterocycles. The lowest BCUT2D eigenvalue weighted by Crippen LogP contribution is -2.35. The van der Waals surface area contributed by atoms with Crippen LogP contribution in [-0.4, -0.2) is 19.1 Å². The summed E-state index contributed by atoms with van der Waals surface area (Å²) in [4.78, 5) is 11.4. The number of carbonyl (C=O) groups is 1. The van der Waals surface area contributed by atoms with Crippen LogP contribution in [0.5, 0.6) is 0 Å². The topological polar surface area (TPSA) is 29.1 Å². The van der Waals surface area contributed by atoms with Crippen molar-refractivity contribution in [1.82, 2.24) is 5.32 Å². The maximum Gasteiger partial charge on any atom is 0.251 e. The Balaban J connectivity index is 2.51. The van der Waals surface area contributed by atoms with Crippen LogP contribution in [0.25, 0.3) is 0 Å². The van der Waals surface area contributed by atoms with Crippen LogP contribution in [0.1, 0.15) is 21.8 Å². The van der Waals surface area contributed by atoms with Crippen molar-refractivity contribution in [1.29, 1.82) is 0 Å². The van der Waals surface area contributed by atoms with E-state index >= 15 is 0 Å². The molecule has 14 heavy (non-hydrogen) atoms. The minimum Gasteiger partial charge on any atom is -0.351 e. The molecule has 0 spiro atoms. The zero-order valence-corrected chi connectivity index (χ0v) is 8.97. The maximum absolute atomic E-state index is 12.6. The van der Waals surface area contributed by atoms with Gasteiger partial charge in [-0.2, -0.15) is 0 Å². The predicted molar refractivity (Wildman–Crippen MR) is 55.2 cm³/mol. The molecule has 1 atom stereocenters. The van der Waals surface area contributed by atoms with Gasteiger partial charge in [-0.1, -0.05) is 15.9 Å². The van der Waals surface area contributed by atoms with Crippen LogP contribution in [0.2, 0.25) is 0 Å². The van der Waals surface area contributed by atoms with Crippen LogP contribution in [0.3, 0.4) is 0 Å². The number of hydrogen-bond acceptors (Lipinski definition) is 1. The maximum atomic E-state index is 12.6. The molecule has 1 unspecified atom stereocenters. The van der Waals surface area contributed by atoms with Gasteiger partial charge < -0.3 is 5.32 Å². The Bertz CT molecular complexity index is 380. The van der Waals surface area contributed by atoms with E-state index in [2.05, 4.69) is 21.2 Å². The number of amides is 1. The van der Waals surface area contributed by atoms with Crippen LogP contribution in [0, 0.1) is 0 Å². The SMILES string of the molecule is O=C1NCC(CF)c2cc(Br)ccc21. The summed E-state index contributed by atoms with van der Waals surface area (Å²) in [6.45, 7) is -0.0531. The first-order valence-corrected chi connectivity index (χ1v) is 5.15. The van der Waals surface area contributed by atoms with E-state index in [0.29, 0.717) is 12.1 Å². The second kappa shape index (κ2) is 3.69. The molecule has 2 nitrogen and oxygen atoms in total. The van der Waals surface area contributed by atoms with Gasteiger partial charge in [0.15, 0.2) is 0 Å². The summed E-state index contributed by atoms with van der Waals surface area (Å²) in [5.74, 6) is -0.322. The van der Waals surface area contributed by atoms with E-state index < -0.39 is 6.67 Å². The molecule has 2 rings (SSSR count). The number of benzene rings is 1. The summed E-state index contributed by atoms with van der Waals surface area (Å²) in [5.41, 5.74) is 1.38. The molecule has 0 fully saturated rings. The quantitative estimate of drug-likeness (QED) is 0.822. The predicted octanol–water partition coefficient (Wildman–Crippen LogP) is 2.25. The van der Waals surface area contributed by atoms with E-state index in [1.807, 2.05) is 6.07 Å². The molecule has 1 N–H and O–H groups in total. The molecule has 0 radical (unpaired) electrons. The lowest BCUT2D eigenvalue weighted by Gasteiger charge is -2.23. The van der Waals surface area contributed by atoms with Crippen molar-refractivity contribution in [3.05, 3.63) is 33.8 Å². The zero-order chi connectivity index (χ0) is 10.1. The number of carbonyl (C=O) groups excluding carboxylic acids is 1. The lowest BCUT2D eigenvalue weighted by molar-refractivity contribution is 0.0938. The van der Waals surface area contributed by atoms with E-state index in [9.17, 15) is 9.18 Å². The molecule has 74 valence electrons. The molecule has 0 aliphatic carbocycles. The minimum absolute atomic E-state index is 0.114. The Kier molecular flexibility index (Phi) is 2.54. The molecule has 0 saturated heterocycles. The average Bonchev–Trinajstić information content (AvgIpc) is 2.18. The molecular weight excluding hydrogens is 249 g/mol. The van der Waals surface area contributed by atoms with Crippen molar-refractivity contribution in [2.45, 2.75) is 5.92 Å². The highest BCUT2D eigenvalue weighted by atomic mass is 79.9. The molecule has 1 aromatic rings. The van der Waals surface area contributed by atoms with Crippen molar-refractivity contribution in [2.75, 3.05) is 13.2 Å². The largest absolute Gasteiger partial charge is 0.351 e. The Morgan fingerprint density at radius 1 is 1.57 bits per heavy atom. The number of hydrogen-bond donors (Lipinski definition) is 1. The fourth-order valence-electron chi connectivity index (χ4n) is 1.64. The fraction of sp³-hybridized carbons (Fsp3) is 0.300. The zero-order valence-electron chi connectivity index (χ0n) is 7.39. The van der Waals surface area contributed by atoms with Crippen molar-refractivity contribution < 1.29 is 9.18 Å². The van der Waals surface area contributed by atoms with Gasteiger partial charge in [-0.15, -0.1) is 0 Å². The first kappa shape index (κ1) is 9.65. The summed E-state index contributed by atoms with van der Waals surface area (Å²) in [6, 6.07) is 5.33. The highest BCUT2D eigenvalue weighted by molar-refractivity contribution is 9.10. The van der Waals surface area contributed by atoms with Gasteiger partial charge in [-0.3, -0.25) is 9.18 Å². The van der Waals surface area contributed by atoms with Crippen molar-refractivity contribution in [3.8, 4) is 0 Å². The average molecular weight is 258 g/mol. The van der Waals surface area contributed by atoms with Crippen molar-refractivity contribution in [3.63, 3.8) is 0 Å². The standard InChI is InChI=1S/C10H9BrFNO/c11-7-1-2-8-9(3-7)6(4-12)5-13-10(8)14/h1-3,6H,4-5H2,(H,13,14). The van der Waals surface area contributed by atoms with Crippen LogP contribution in [0.4, 0.5) is 4.39 Å². The van der Waals surface area contributed by atoms with Gasteiger partial charge >= 0.3 is 0 Å². The second-order valence-corrected chi connectivity index (χ2v) is 4.21. The normalized spacial score (nSPS) is 20.1. The van der Waals surface area contributed by atoms with Gasteiger partial charge in [0.05, 0.1) is 6.67 Å². The van der Waals surface area contributed by atoms with Crippen LogP contribution < -0.4 is 5.32 Å². The first-order valence-electron chi connectivity index (χ1n) is 4.36.